The van der Waals surface area contributed by atoms with Crippen LogP contribution in [-0.4, -0.2) is 6.04 Å². The maximum Gasteiger partial charge on any atom is 0.0457 e. The lowest BCUT2D eigenvalue weighted by Crippen LogP contribution is -2.21. The first-order chi connectivity index (χ1) is 9.97. The molecule has 0 radical (unpaired) electrons. The Kier molecular flexibility index (Phi) is 5.44. The summed E-state index contributed by atoms with van der Waals surface area (Å²) >= 11 is 6.40. The van der Waals surface area contributed by atoms with Crippen LogP contribution in [0, 0.1) is 0 Å². The average Bonchev–Trinajstić information content (AvgIpc) is 2.46. The van der Waals surface area contributed by atoms with E-state index in [-0.39, 0.29) is 0 Å². The molecule has 0 aliphatic rings. The molecular formula is C19H24ClN. The van der Waals surface area contributed by atoms with Crippen LogP contribution < -0.4 is 5.32 Å². The van der Waals surface area contributed by atoms with Crippen molar-refractivity contribution < 1.29 is 0 Å². The Bertz CT molecular complexity index is 585. The van der Waals surface area contributed by atoms with Crippen LogP contribution in [0.1, 0.15) is 44.7 Å². The summed E-state index contributed by atoms with van der Waals surface area (Å²) in [7, 11) is 0. The largest absolute Gasteiger partial charge is 0.310 e. The molecule has 0 heterocycles. The lowest BCUT2D eigenvalue weighted by atomic mass is 9.98. The van der Waals surface area contributed by atoms with Gasteiger partial charge in [-0.2, -0.15) is 0 Å². The Morgan fingerprint density at radius 2 is 1.52 bits per heavy atom. The van der Waals surface area contributed by atoms with Crippen molar-refractivity contribution in [3.63, 3.8) is 0 Å². The van der Waals surface area contributed by atoms with E-state index in [1.165, 1.54) is 16.7 Å². The molecule has 0 aliphatic heterocycles. The van der Waals surface area contributed by atoms with E-state index < -0.39 is 0 Å². The normalized spacial score (nSPS) is 11.4. The van der Waals surface area contributed by atoms with Gasteiger partial charge in [0.05, 0.1) is 0 Å². The first kappa shape index (κ1) is 16.1. The number of nitrogens with one attached hydrogen (secondary N) is 1. The number of halogens is 1. The second kappa shape index (κ2) is 7.11. The van der Waals surface area contributed by atoms with E-state index in [0.29, 0.717) is 12.0 Å². The van der Waals surface area contributed by atoms with E-state index in [4.69, 9.17) is 11.6 Å². The first-order valence-electron chi connectivity index (χ1n) is 7.59. The molecule has 2 aromatic rings. The van der Waals surface area contributed by atoms with Gasteiger partial charge in [-0.3, -0.25) is 0 Å². The maximum absolute atomic E-state index is 6.40. The summed E-state index contributed by atoms with van der Waals surface area (Å²) in [5.41, 5.74) is 4.89. The predicted molar refractivity (Wildman–Crippen MR) is 93.0 cm³/mol. The molecule has 0 aromatic heterocycles. The Hall–Kier alpha value is -1.31. The summed E-state index contributed by atoms with van der Waals surface area (Å²) in [5, 5.41) is 4.22. The van der Waals surface area contributed by atoms with Crippen LogP contribution in [0.2, 0.25) is 5.02 Å². The van der Waals surface area contributed by atoms with Crippen LogP contribution in [0.25, 0.3) is 11.1 Å². The zero-order valence-electron chi connectivity index (χ0n) is 13.3. The summed E-state index contributed by atoms with van der Waals surface area (Å²) in [6, 6.07) is 15.5. The SMILES string of the molecule is CC(C)NCc1ccc(-c2ccc(C(C)C)cc2)cc1Cl. The van der Waals surface area contributed by atoms with E-state index in [0.717, 1.165) is 17.1 Å². The monoisotopic (exact) mass is 301 g/mol. The van der Waals surface area contributed by atoms with E-state index in [1.54, 1.807) is 0 Å². The van der Waals surface area contributed by atoms with E-state index in [2.05, 4.69) is 75.5 Å². The molecule has 0 spiro atoms. The lowest BCUT2D eigenvalue weighted by molar-refractivity contribution is 0.589. The highest BCUT2D eigenvalue weighted by Crippen LogP contribution is 2.27. The molecule has 1 nitrogen and oxygen atoms in total. The van der Waals surface area contributed by atoms with Crippen molar-refractivity contribution in [2.45, 2.75) is 46.2 Å². The number of benzene rings is 2. The molecule has 2 heteroatoms. The van der Waals surface area contributed by atoms with E-state index >= 15 is 0 Å². The molecule has 0 amide bonds. The molecule has 0 atom stereocenters. The second-order valence-electron chi connectivity index (χ2n) is 6.12. The standard InChI is InChI=1S/C19H24ClN/c1-13(2)15-5-7-16(8-6-15)17-9-10-18(19(20)11-17)12-21-14(3)4/h5-11,13-14,21H,12H2,1-4H3. The van der Waals surface area contributed by atoms with Crippen molar-refractivity contribution in [3.8, 4) is 11.1 Å². The van der Waals surface area contributed by atoms with Crippen molar-refractivity contribution in [1.82, 2.24) is 5.32 Å². The third kappa shape index (κ3) is 4.33. The highest BCUT2D eigenvalue weighted by Gasteiger charge is 2.05. The number of rotatable bonds is 5. The second-order valence-corrected chi connectivity index (χ2v) is 6.53. The Balaban J connectivity index is 2.19. The summed E-state index contributed by atoms with van der Waals surface area (Å²) < 4.78 is 0. The van der Waals surface area contributed by atoms with Gasteiger partial charge in [-0.1, -0.05) is 75.7 Å². The molecule has 2 aromatic carbocycles. The van der Waals surface area contributed by atoms with Gasteiger partial charge >= 0.3 is 0 Å². The number of hydrogen-bond donors (Lipinski definition) is 1. The van der Waals surface area contributed by atoms with Crippen LogP contribution in [-0.2, 0) is 6.54 Å². The van der Waals surface area contributed by atoms with Crippen LogP contribution >= 0.6 is 11.6 Å². The van der Waals surface area contributed by atoms with Crippen molar-refractivity contribution in [3.05, 3.63) is 58.6 Å². The predicted octanol–water partition coefficient (Wildman–Crippen LogP) is 5.63. The molecule has 0 aliphatic carbocycles. The lowest BCUT2D eigenvalue weighted by Gasteiger charge is -2.11. The minimum absolute atomic E-state index is 0.462. The molecular weight excluding hydrogens is 278 g/mol. The van der Waals surface area contributed by atoms with Crippen molar-refractivity contribution in [2.75, 3.05) is 0 Å². The maximum atomic E-state index is 6.40. The highest BCUT2D eigenvalue weighted by molar-refractivity contribution is 6.31. The average molecular weight is 302 g/mol. The van der Waals surface area contributed by atoms with Gasteiger partial charge in [-0.05, 0) is 34.2 Å². The molecule has 2 rings (SSSR count). The molecule has 0 bridgehead atoms. The minimum Gasteiger partial charge on any atom is -0.310 e. The van der Waals surface area contributed by atoms with Gasteiger partial charge in [0.15, 0.2) is 0 Å². The molecule has 0 unspecified atom stereocenters. The van der Waals surface area contributed by atoms with E-state index in [1.807, 2.05) is 0 Å². The van der Waals surface area contributed by atoms with Crippen LogP contribution in [0.15, 0.2) is 42.5 Å². The Labute approximate surface area is 133 Å². The fourth-order valence-corrected chi connectivity index (χ4v) is 2.49. The fourth-order valence-electron chi connectivity index (χ4n) is 2.24. The molecule has 0 saturated carbocycles. The minimum atomic E-state index is 0.462. The molecule has 1 N–H and O–H groups in total. The summed E-state index contributed by atoms with van der Waals surface area (Å²) in [6.45, 7) is 9.50. The summed E-state index contributed by atoms with van der Waals surface area (Å²) in [4.78, 5) is 0. The topological polar surface area (TPSA) is 12.0 Å². The van der Waals surface area contributed by atoms with E-state index in [9.17, 15) is 0 Å². The van der Waals surface area contributed by atoms with Crippen molar-refractivity contribution in [2.24, 2.45) is 0 Å². The Morgan fingerprint density at radius 1 is 0.905 bits per heavy atom. The zero-order chi connectivity index (χ0) is 15.4. The third-order valence-corrected chi connectivity index (χ3v) is 4.02. The van der Waals surface area contributed by atoms with Crippen LogP contribution in [0.4, 0.5) is 0 Å². The quantitative estimate of drug-likeness (QED) is 0.755. The molecule has 112 valence electrons. The van der Waals surface area contributed by atoms with Gasteiger partial charge in [0.1, 0.15) is 0 Å². The molecule has 21 heavy (non-hydrogen) atoms. The Morgan fingerprint density at radius 3 is 2.05 bits per heavy atom. The zero-order valence-corrected chi connectivity index (χ0v) is 14.0. The van der Waals surface area contributed by atoms with Gasteiger partial charge < -0.3 is 5.32 Å². The molecule has 0 fully saturated rings. The van der Waals surface area contributed by atoms with Gasteiger partial charge in [-0.15, -0.1) is 0 Å². The fraction of sp³-hybridized carbons (Fsp3) is 0.368. The number of hydrogen-bond acceptors (Lipinski definition) is 1. The summed E-state index contributed by atoms with van der Waals surface area (Å²) in [5.74, 6) is 0.562. The van der Waals surface area contributed by atoms with Gasteiger partial charge in [-0.25, -0.2) is 0 Å². The molecule has 0 saturated heterocycles. The highest BCUT2D eigenvalue weighted by atomic mass is 35.5. The van der Waals surface area contributed by atoms with Gasteiger partial charge in [0.25, 0.3) is 0 Å². The van der Waals surface area contributed by atoms with Gasteiger partial charge in [0, 0.05) is 17.6 Å². The van der Waals surface area contributed by atoms with Gasteiger partial charge in [0.2, 0.25) is 0 Å². The van der Waals surface area contributed by atoms with Crippen LogP contribution in [0.5, 0.6) is 0 Å². The third-order valence-electron chi connectivity index (χ3n) is 3.66. The van der Waals surface area contributed by atoms with Crippen molar-refractivity contribution >= 4 is 11.6 Å². The summed E-state index contributed by atoms with van der Waals surface area (Å²) in [6.07, 6.45) is 0. The smallest absolute Gasteiger partial charge is 0.0457 e. The van der Waals surface area contributed by atoms with Crippen molar-refractivity contribution in [1.29, 1.82) is 0 Å². The first-order valence-corrected chi connectivity index (χ1v) is 7.97. The van der Waals surface area contributed by atoms with Crippen LogP contribution in [0.3, 0.4) is 0 Å².